The van der Waals surface area contributed by atoms with Crippen molar-refractivity contribution in [3.8, 4) is 0 Å². The minimum absolute atomic E-state index is 0.111. The number of rotatable bonds is 5. The molecule has 112 valence electrons. The number of benzene rings is 2. The topological polar surface area (TPSA) is 46.2 Å². The molecule has 3 heteroatoms. The van der Waals surface area contributed by atoms with Gasteiger partial charge in [-0.1, -0.05) is 35.9 Å². The lowest BCUT2D eigenvalue weighted by molar-refractivity contribution is 0.195. The predicted octanol–water partition coefficient (Wildman–Crippen LogP) is 2.87. The Morgan fingerprint density at radius 2 is 1.90 bits per heavy atom. The molecule has 1 unspecified atom stereocenters. The molecule has 1 atom stereocenters. The summed E-state index contributed by atoms with van der Waals surface area (Å²) in [5.41, 5.74) is 9.50. The second-order valence-corrected chi connectivity index (χ2v) is 5.76. The zero-order valence-corrected chi connectivity index (χ0v) is 12.6. The van der Waals surface area contributed by atoms with Gasteiger partial charge in [0.1, 0.15) is 5.82 Å². The molecule has 0 aliphatic rings. The van der Waals surface area contributed by atoms with Crippen molar-refractivity contribution in [3.05, 3.63) is 70.5 Å². The Kier molecular flexibility index (Phi) is 4.76. The van der Waals surface area contributed by atoms with Crippen molar-refractivity contribution < 1.29 is 9.50 Å². The third kappa shape index (κ3) is 3.31. The Bertz CT molecular complexity index is 620. The van der Waals surface area contributed by atoms with E-state index in [1.165, 1.54) is 17.7 Å². The molecule has 21 heavy (non-hydrogen) atoms. The zero-order chi connectivity index (χ0) is 15.5. The van der Waals surface area contributed by atoms with Crippen LogP contribution in [0, 0.1) is 19.7 Å². The average Bonchev–Trinajstić information content (AvgIpc) is 2.48. The van der Waals surface area contributed by atoms with Gasteiger partial charge in [0.2, 0.25) is 0 Å². The lowest BCUT2D eigenvalue weighted by Gasteiger charge is -2.32. The Hall–Kier alpha value is -1.71. The molecule has 0 aromatic heterocycles. The van der Waals surface area contributed by atoms with Gasteiger partial charge in [-0.05, 0) is 49.1 Å². The summed E-state index contributed by atoms with van der Waals surface area (Å²) in [7, 11) is 0. The Balaban J connectivity index is 2.45. The number of aryl methyl sites for hydroxylation is 2. The van der Waals surface area contributed by atoms with E-state index >= 15 is 0 Å². The summed E-state index contributed by atoms with van der Waals surface area (Å²) in [5, 5.41) is 9.94. The molecule has 0 spiro atoms. The van der Waals surface area contributed by atoms with Gasteiger partial charge in [0.15, 0.2) is 0 Å². The molecule has 2 aromatic rings. The largest absolute Gasteiger partial charge is 0.395 e. The lowest BCUT2D eigenvalue weighted by atomic mass is 9.75. The Morgan fingerprint density at radius 3 is 2.52 bits per heavy atom. The van der Waals surface area contributed by atoms with Crippen LogP contribution >= 0.6 is 0 Å². The molecule has 0 radical (unpaired) electrons. The van der Waals surface area contributed by atoms with E-state index in [-0.39, 0.29) is 19.0 Å². The van der Waals surface area contributed by atoms with Crippen LogP contribution in [0.2, 0.25) is 0 Å². The van der Waals surface area contributed by atoms with Gasteiger partial charge in [-0.2, -0.15) is 0 Å². The molecule has 2 rings (SSSR count). The highest BCUT2D eigenvalue weighted by Gasteiger charge is 2.31. The average molecular weight is 287 g/mol. The normalized spacial score (nSPS) is 14.0. The van der Waals surface area contributed by atoms with Crippen LogP contribution in [-0.2, 0) is 11.8 Å². The van der Waals surface area contributed by atoms with Gasteiger partial charge in [0, 0.05) is 12.0 Å². The van der Waals surface area contributed by atoms with Gasteiger partial charge < -0.3 is 10.8 Å². The third-order valence-corrected chi connectivity index (χ3v) is 4.16. The predicted molar refractivity (Wildman–Crippen MR) is 83.8 cm³/mol. The lowest BCUT2D eigenvalue weighted by Crippen LogP contribution is -2.41. The number of aliphatic hydroxyl groups excluding tert-OH is 1. The van der Waals surface area contributed by atoms with Crippen LogP contribution in [0.5, 0.6) is 0 Å². The summed E-state index contributed by atoms with van der Waals surface area (Å²) in [6.07, 6.45) is 0.594. The molecular weight excluding hydrogens is 265 g/mol. The molecule has 0 aliphatic carbocycles. The molecule has 0 aliphatic heterocycles. The Morgan fingerprint density at radius 1 is 1.14 bits per heavy atom. The molecule has 3 N–H and O–H groups in total. The standard InChI is InChI=1S/C18H22FNO/c1-13-6-7-14(2)15(8-13)10-18(11-20,12-21)16-4-3-5-17(19)9-16/h3-9,21H,10-12,20H2,1-2H3. The summed E-state index contributed by atoms with van der Waals surface area (Å²) in [4.78, 5) is 0. The molecular formula is C18H22FNO. The van der Waals surface area contributed by atoms with Crippen molar-refractivity contribution >= 4 is 0 Å². The van der Waals surface area contributed by atoms with Crippen molar-refractivity contribution in [1.82, 2.24) is 0 Å². The van der Waals surface area contributed by atoms with E-state index in [2.05, 4.69) is 18.2 Å². The second-order valence-electron chi connectivity index (χ2n) is 5.76. The number of halogens is 1. The summed E-state index contributed by atoms with van der Waals surface area (Å²) < 4.78 is 13.5. The molecule has 2 nitrogen and oxygen atoms in total. The highest BCUT2D eigenvalue weighted by atomic mass is 19.1. The van der Waals surface area contributed by atoms with Gasteiger partial charge in [0.25, 0.3) is 0 Å². The molecule has 0 bridgehead atoms. The smallest absolute Gasteiger partial charge is 0.123 e. The quantitative estimate of drug-likeness (QED) is 0.888. The Labute approximate surface area is 125 Å². The monoisotopic (exact) mass is 287 g/mol. The highest BCUT2D eigenvalue weighted by Crippen LogP contribution is 2.29. The fourth-order valence-electron chi connectivity index (χ4n) is 2.68. The van der Waals surface area contributed by atoms with Crippen molar-refractivity contribution in [2.75, 3.05) is 13.2 Å². The fourth-order valence-corrected chi connectivity index (χ4v) is 2.68. The van der Waals surface area contributed by atoms with E-state index in [1.54, 1.807) is 6.07 Å². The van der Waals surface area contributed by atoms with Gasteiger partial charge >= 0.3 is 0 Å². The second kappa shape index (κ2) is 6.37. The summed E-state index contributed by atoms with van der Waals surface area (Å²) in [6, 6.07) is 12.6. The maximum absolute atomic E-state index is 13.5. The van der Waals surface area contributed by atoms with Crippen LogP contribution in [0.15, 0.2) is 42.5 Å². The first kappa shape index (κ1) is 15.7. The molecule has 0 saturated carbocycles. The first-order valence-corrected chi connectivity index (χ1v) is 7.14. The zero-order valence-electron chi connectivity index (χ0n) is 12.6. The van der Waals surface area contributed by atoms with Crippen molar-refractivity contribution in [2.24, 2.45) is 5.73 Å². The van der Waals surface area contributed by atoms with Gasteiger partial charge in [0.05, 0.1) is 6.61 Å². The van der Waals surface area contributed by atoms with Gasteiger partial charge in [-0.25, -0.2) is 4.39 Å². The van der Waals surface area contributed by atoms with Crippen LogP contribution < -0.4 is 5.73 Å². The van der Waals surface area contributed by atoms with Crippen molar-refractivity contribution in [3.63, 3.8) is 0 Å². The first-order valence-electron chi connectivity index (χ1n) is 7.14. The van der Waals surface area contributed by atoms with Gasteiger partial charge in [-0.15, -0.1) is 0 Å². The van der Waals surface area contributed by atoms with Crippen LogP contribution in [0.4, 0.5) is 4.39 Å². The van der Waals surface area contributed by atoms with E-state index in [4.69, 9.17) is 5.73 Å². The maximum Gasteiger partial charge on any atom is 0.123 e. The fraction of sp³-hybridized carbons (Fsp3) is 0.333. The van der Waals surface area contributed by atoms with Crippen molar-refractivity contribution in [2.45, 2.75) is 25.7 Å². The summed E-state index contributed by atoms with van der Waals surface area (Å²) >= 11 is 0. The first-order chi connectivity index (χ1) is 10.0. The van der Waals surface area contributed by atoms with E-state index < -0.39 is 5.41 Å². The van der Waals surface area contributed by atoms with Crippen molar-refractivity contribution in [1.29, 1.82) is 0 Å². The number of nitrogens with two attached hydrogens (primary N) is 1. The van der Waals surface area contributed by atoms with Crippen LogP contribution in [0.3, 0.4) is 0 Å². The molecule has 0 heterocycles. The SMILES string of the molecule is Cc1ccc(C)c(CC(CN)(CO)c2cccc(F)c2)c1. The number of aliphatic hydroxyl groups is 1. The van der Waals surface area contributed by atoms with Crippen LogP contribution in [0.1, 0.15) is 22.3 Å². The van der Waals surface area contributed by atoms with E-state index in [0.29, 0.717) is 6.42 Å². The minimum Gasteiger partial charge on any atom is -0.395 e. The van der Waals surface area contributed by atoms with E-state index in [9.17, 15) is 9.50 Å². The number of hydrogen-bond acceptors (Lipinski definition) is 2. The number of hydrogen-bond donors (Lipinski definition) is 2. The van der Waals surface area contributed by atoms with E-state index in [1.807, 2.05) is 19.9 Å². The molecule has 0 amide bonds. The molecule has 0 fully saturated rings. The summed E-state index contributed by atoms with van der Waals surface area (Å²) in [5.74, 6) is -0.306. The van der Waals surface area contributed by atoms with E-state index in [0.717, 1.165) is 16.7 Å². The summed E-state index contributed by atoms with van der Waals surface area (Å²) in [6.45, 7) is 4.23. The molecule has 2 aromatic carbocycles. The highest BCUT2D eigenvalue weighted by molar-refractivity contribution is 5.36. The van der Waals surface area contributed by atoms with Crippen LogP contribution in [-0.4, -0.2) is 18.3 Å². The van der Waals surface area contributed by atoms with Gasteiger partial charge in [-0.3, -0.25) is 0 Å². The van der Waals surface area contributed by atoms with Crippen LogP contribution in [0.25, 0.3) is 0 Å². The maximum atomic E-state index is 13.5. The molecule has 0 saturated heterocycles. The minimum atomic E-state index is -0.652. The third-order valence-electron chi connectivity index (χ3n) is 4.16.